The molecule has 12 heavy (non-hydrogen) atoms. The first-order valence-electron chi connectivity index (χ1n) is 5.25. The second-order valence-electron chi connectivity index (χ2n) is 4.84. The highest BCUT2D eigenvalue weighted by Gasteiger charge is 2.27. The maximum absolute atomic E-state index is 2.43. The molecule has 0 aromatic heterocycles. The highest BCUT2D eigenvalue weighted by atomic mass is 14.3. The monoisotopic (exact) mass is 166 g/mol. The van der Waals surface area contributed by atoms with Crippen molar-refractivity contribution in [1.29, 1.82) is 0 Å². The van der Waals surface area contributed by atoms with Gasteiger partial charge in [0.1, 0.15) is 0 Å². The molecule has 0 heteroatoms. The fourth-order valence-electron chi connectivity index (χ4n) is 2.21. The molecule has 0 fully saturated rings. The van der Waals surface area contributed by atoms with Crippen LogP contribution >= 0.6 is 0 Å². The molecule has 70 valence electrons. The van der Waals surface area contributed by atoms with E-state index in [1.54, 1.807) is 0 Å². The summed E-state index contributed by atoms with van der Waals surface area (Å²) in [6.07, 6.45) is 8.93. The zero-order chi connectivity index (χ0) is 9.19. The molecule has 2 atom stereocenters. The lowest BCUT2D eigenvalue weighted by molar-refractivity contribution is 0.256. The van der Waals surface area contributed by atoms with Crippen molar-refractivity contribution in [2.24, 2.45) is 17.3 Å². The Morgan fingerprint density at radius 3 is 2.58 bits per heavy atom. The molecule has 0 saturated heterocycles. The summed E-state index contributed by atoms with van der Waals surface area (Å²) in [4.78, 5) is 0. The van der Waals surface area contributed by atoms with Crippen LogP contribution in [0.5, 0.6) is 0 Å². The summed E-state index contributed by atoms with van der Waals surface area (Å²) in [7, 11) is 0. The summed E-state index contributed by atoms with van der Waals surface area (Å²) in [6, 6.07) is 0. The fourth-order valence-corrected chi connectivity index (χ4v) is 2.21. The molecule has 1 rings (SSSR count). The Hall–Kier alpha value is -0.260. The molecule has 0 aromatic carbocycles. The van der Waals surface area contributed by atoms with E-state index in [2.05, 4.69) is 39.8 Å². The van der Waals surface area contributed by atoms with Gasteiger partial charge in [0.2, 0.25) is 0 Å². The van der Waals surface area contributed by atoms with E-state index >= 15 is 0 Å². The van der Waals surface area contributed by atoms with E-state index in [0.29, 0.717) is 5.41 Å². The summed E-state index contributed by atoms with van der Waals surface area (Å²) in [6.45, 7) is 9.38. The molecular formula is C12H22. The first-order valence-corrected chi connectivity index (χ1v) is 5.25. The van der Waals surface area contributed by atoms with Crippen molar-refractivity contribution >= 4 is 0 Å². The summed E-state index contributed by atoms with van der Waals surface area (Å²) in [5, 5.41) is 0. The smallest absolute Gasteiger partial charge is 0.0147 e. The third-order valence-electron chi connectivity index (χ3n) is 3.37. The van der Waals surface area contributed by atoms with Crippen LogP contribution < -0.4 is 0 Å². The Labute approximate surface area is 77.1 Å². The van der Waals surface area contributed by atoms with Crippen molar-refractivity contribution in [3.63, 3.8) is 0 Å². The highest BCUT2D eigenvalue weighted by molar-refractivity contribution is 5.02. The van der Waals surface area contributed by atoms with Gasteiger partial charge < -0.3 is 0 Å². The lowest BCUT2D eigenvalue weighted by Gasteiger charge is -2.29. The van der Waals surface area contributed by atoms with Gasteiger partial charge in [-0.15, -0.1) is 0 Å². The Morgan fingerprint density at radius 1 is 1.33 bits per heavy atom. The van der Waals surface area contributed by atoms with Gasteiger partial charge in [-0.2, -0.15) is 0 Å². The first kappa shape index (κ1) is 9.83. The molecule has 1 aliphatic carbocycles. The van der Waals surface area contributed by atoms with Gasteiger partial charge in [-0.3, -0.25) is 0 Å². The van der Waals surface area contributed by atoms with Crippen molar-refractivity contribution in [3.8, 4) is 0 Å². The second kappa shape index (κ2) is 3.64. The summed E-state index contributed by atoms with van der Waals surface area (Å²) in [5.74, 6) is 1.68. The topological polar surface area (TPSA) is 0 Å². The molecule has 0 nitrogen and oxygen atoms in total. The average molecular weight is 166 g/mol. The standard InChI is InChI=1S/C12H22/c1-5-11-7-6-10(2)8-9-12(11,3)4/h8-11H,5-7H2,1-4H3. The summed E-state index contributed by atoms with van der Waals surface area (Å²) in [5.41, 5.74) is 0.430. The van der Waals surface area contributed by atoms with Crippen molar-refractivity contribution in [2.75, 3.05) is 0 Å². The molecule has 0 N–H and O–H groups in total. The van der Waals surface area contributed by atoms with Crippen molar-refractivity contribution in [3.05, 3.63) is 12.2 Å². The van der Waals surface area contributed by atoms with Crippen LogP contribution in [-0.4, -0.2) is 0 Å². The number of hydrogen-bond acceptors (Lipinski definition) is 0. The SMILES string of the molecule is CCC1CCC(C)C=CC1(C)C. The molecule has 0 aliphatic heterocycles. The maximum Gasteiger partial charge on any atom is -0.0147 e. The quantitative estimate of drug-likeness (QED) is 0.516. The van der Waals surface area contributed by atoms with Gasteiger partial charge in [-0.25, -0.2) is 0 Å². The van der Waals surface area contributed by atoms with Gasteiger partial charge in [0.25, 0.3) is 0 Å². The predicted molar refractivity (Wildman–Crippen MR) is 55.1 cm³/mol. The lowest BCUT2D eigenvalue weighted by Crippen LogP contribution is -2.19. The minimum Gasteiger partial charge on any atom is -0.0851 e. The Bertz CT molecular complexity index is 165. The van der Waals surface area contributed by atoms with Crippen LogP contribution in [0.25, 0.3) is 0 Å². The van der Waals surface area contributed by atoms with E-state index in [1.165, 1.54) is 19.3 Å². The van der Waals surface area contributed by atoms with Crippen molar-refractivity contribution in [1.82, 2.24) is 0 Å². The van der Waals surface area contributed by atoms with Crippen LogP contribution in [0.2, 0.25) is 0 Å². The predicted octanol–water partition coefficient (Wildman–Crippen LogP) is 4.02. The molecule has 0 aromatic rings. The van der Waals surface area contributed by atoms with E-state index in [1.807, 2.05) is 0 Å². The molecule has 1 aliphatic rings. The zero-order valence-corrected chi connectivity index (χ0v) is 8.93. The number of hydrogen-bond donors (Lipinski definition) is 0. The molecule has 0 bridgehead atoms. The average Bonchev–Trinajstić information content (AvgIpc) is 2.12. The molecule has 0 saturated carbocycles. The minimum absolute atomic E-state index is 0.430. The summed E-state index contributed by atoms with van der Waals surface area (Å²) < 4.78 is 0. The Morgan fingerprint density at radius 2 is 2.00 bits per heavy atom. The van der Waals surface area contributed by atoms with Gasteiger partial charge in [-0.05, 0) is 30.1 Å². The van der Waals surface area contributed by atoms with Crippen LogP contribution in [0.1, 0.15) is 47.0 Å². The van der Waals surface area contributed by atoms with Gasteiger partial charge in [0, 0.05) is 0 Å². The van der Waals surface area contributed by atoms with Gasteiger partial charge in [0.05, 0.1) is 0 Å². The van der Waals surface area contributed by atoms with Crippen molar-refractivity contribution < 1.29 is 0 Å². The van der Waals surface area contributed by atoms with Gasteiger partial charge >= 0.3 is 0 Å². The molecular weight excluding hydrogens is 144 g/mol. The highest BCUT2D eigenvalue weighted by Crippen LogP contribution is 2.38. The van der Waals surface area contributed by atoms with Crippen molar-refractivity contribution in [2.45, 2.75) is 47.0 Å². The van der Waals surface area contributed by atoms with Crippen LogP contribution in [0, 0.1) is 17.3 Å². The number of rotatable bonds is 1. The second-order valence-corrected chi connectivity index (χ2v) is 4.84. The third-order valence-corrected chi connectivity index (χ3v) is 3.37. The molecule has 0 heterocycles. The molecule has 2 unspecified atom stereocenters. The molecule has 0 spiro atoms. The van der Waals surface area contributed by atoms with Gasteiger partial charge in [-0.1, -0.05) is 46.3 Å². The van der Waals surface area contributed by atoms with E-state index in [-0.39, 0.29) is 0 Å². The lowest BCUT2D eigenvalue weighted by atomic mass is 9.76. The van der Waals surface area contributed by atoms with E-state index in [4.69, 9.17) is 0 Å². The largest absolute Gasteiger partial charge is 0.0851 e. The Balaban J connectivity index is 2.73. The maximum atomic E-state index is 2.43. The van der Waals surface area contributed by atoms with E-state index in [0.717, 1.165) is 11.8 Å². The third kappa shape index (κ3) is 2.12. The first-order chi connectivity index (χ1) is 5.56. The van der Waals surface area contributed by atoms with Gasteiger partial charge in [0.15, 0.2) is 0 Å². The summed E-state index contributed by atoms with van der Waals surface area (Å²) >= 11 is 0. The Kier molecular flexibility index (Phi) is 2.98. The molecule has 0 radical (unpaired) electrons. The zero-order valence-electron chi connectivity index (χ0n) is 8.93. The van der Waals surface area contributed by atoms with Crippen LogP contribution in [0.3, 0.4) is 0 Å². The number of allylic oxidation sites excluding steroid dienone is 2. The molecule has 0 amide bonds. The van der Waals surface area contributed by atoms with Crippen LogP contribution in [0.15, 0.2) is 12.2 Å². The van der Waals surface area contributed by atoms with E-state index < -0.39 is 0 Å². The van der Waals surface area contributed by atoms with Crippen LogP contribution in [-0.2, 0) is 0 Å². The minimum atomic E-state index is 0.430. The fraction of sp³-hybridized carbons (Fsp3) is 0.833. The van der Waals surface area contributed by atoms with Crippen LogP contribution in [0.4, 0.5) is 0 Å². The van der Waals surface area contributed by atoms with E-state index in [9.17, 15) is 0 Å². The normalized spacial score (nSPS) is 34.7.